The number of rotatable bonds is 4. The van der Waals surface area contributed by atoms with Crippen LogP contribution in [-0.2, 0) is 9.53 Å². The second-order valence-corrected chi connectivity index (χ2v) is 8.84. The van der Waals surface area contributed by atoms with E-state index in [-0.39, 0.29) is 17.7 Å². The van der Waals surface area contributed by atoms with Crippen LogP contribution < -0.4 is 0 Å². The summed E-state index contributed by atoms with van der Waals surface area (Å²) in [5.74, 6) is -1.15. The summed E-state index contributed by atoms with van der Waals surface area (Å²) in [5, 5.41) is 18.9. The van der Waals surface area contributed by atoms with Gasteiger partial charge in [0, 0.05) is 28.1 Å². The second kappa shape index (κ2) is 6.92. The first-order valence-electron chi connectivity index (χ1n) is 10.4. The Hall–Kier alpha value is -3.19. The topological polar surface area (TPSA) is 80.1 Å². The van der Waals surface area contributed by atoms with Gasteiger partial charge in [0.2, 0.25) is 0 Å². The standard InChI is InChI=1S/C24H24FN3O3/c1-13(2)22-21(15-10-24(3,23(29)30)31-12-15)18-9-19-14(11-26-27-19)8-20(18)28(22)17-6-4-16(25)5-7-17/h4-9,11,13,15H,10,12H2,1-3H3,(H,26,27)(H,29,30)/t15-,24+/m1/s1. The third-order valence-electron chi connectivity index (χ3n) is 6.34. The Morgan fingerprint density at radius 2 is 2.06 bits per heavy atom. The average molecular weight is 421 g/mol. The molecule has 2 aromatic heterocycles. The molecular formula is C24H24FN3O3. The fourth-order valence-corrected chi connectivity index (χ4v) is 4.84. The molecule has 2 aromatic carbocycles. The Balaban J connectivity index is 1.82. The van der Waals surface area contributed by atoms with Crippen molar-refractivity contribution in [2.24, 2.45) is 0 Å². The third-order valence-corrected chi connectivity index (χ3v) is 6.34. The van der Waals surface area contributed by atoms with Gasteiger partial charge in [0.15, 0.2) is 5.60 Å². The minimum atomic E-state index is -1.21. The van der Waals surface area contributed by atoms with Crippen molar-refractivity contribution in [1.29, 1.82) is 0 Å². The van der Waals surface area contributed by atoms with Crippen LogP contribution in [0.1, 0.15) is 50.3 Å². The number of nitrogens with zero attached hydrogens (tertiary/aromatic N) is 2. The van der Waals surface area contributed by atoms with Crippen molar-refractivity contribution in [2.75, 3.05) is 6.61 Å². The lowest BCUT2D eigenvalue weighted by Gasteiger charge is -2.19. The maximum absolute atomic E-state index is 13.7. The van der Waals surface area contributed by atoms with Crippen LogP contribution in [0.5, 0.6) is 0 Å². The SMILES string of the molecule is CC(C)c1c([C@H]2CO[C@](C)(C(=O)O)C2)c2cc3[nH]ncc3cc2n1-c1ccc(F)cc1. The van der Waals surface area contributed by atoms with E-state index in [4.69, 9.17) is 4.74 Å². The van der Waals surface area contributed by atoms with Crippen molar-refractivity contribution in [3.05, 3.63) is 59.7 Å². The van der Waals surface area contributed by atoms with Crippen LogP contribution >= 0.6 is 0 Å². The largest absolute Gasteiger partial charge is 0.479 e. The highest BCUT2D eigenvalue weighted by Crippen LogP contribution is 2.45. The summed E-state index contributed by atoms with van der Waals surface area (Å²) < 4.78 is 21.6. The Kier molecular flexibility index (Phi) is 4.41. The van der Waals surface area contributed by atoms with Crippen LogP contribution in [0.2, 0.25) is 0 Å². The number of fused-ring (bicyclic) bond motifs is 2. The molecule has 2 atom stereocenters. The molecular weight excluding hydrogens is 397 g/mol. The van der Waals surface area contributed by atoms with Crippen molar-refractivity contribution in [3.8, 4) is 5.69 Å². The van der Waals surface area contributed by atoms with Crippen LogP contribution in [0.4, 0.5) is 4.39 Å². The second-order valence-electron chi connectivity index (χ2n) is 8.84. The van der Waals surface area contributed by atoms with E-state index < -0.39 is 11.6 Å². The Morgan fingerprint density at radius 1 is 1.32 bits per heavy atom. The van der Waals surface area contributed by atoms with E-state index in [9.17, 15) is 14.3 Å². The summed E-state index contributed by atoms with van der Waals surface area (Å²) >= 11 is 0. The number of hydrogen-bond acceptors (Lipinski definition) is 3. The monoisotopic (exact) mass is 421 g/mol. The number of aromatic nitrogens is 3. The lowest BCUT2D eigenvalue weighted by atomic mass is 9.86. The number of carboxylic acids is 1. The molecule has 6 nitrogen and oxygen atoms in total. The zero-order valence-electron chi connectivity index (χ0n) is 17.6. The Labute approximate surface area is 178 Å². The van der Waals surface area contributed by atoms with Crippen molar-refractivity contribution >= 4 is 27.8 Å². The predicted molar refractivity (Wildman–Crippen MR) is 116 cm³/mol. The lowest BCUT2D eigenvalue weighted by Crippen LogP contribution is -2.34. The van der Waals surface area contributed by atoms with E-state index in [0.717, 1.165) is 38.8 Å². The smallest absolute Gasteiger partial charge is 0.335 e. The first-order valence-corrected chi connectivity index (χ1v) is 10.4. The van der Waals surface area contributed by atoms with Gasteiger partial charge in [0.05, 0.1) is 23.8 Å². The first kappa shape index (κ1) is 19.8. The van der Waals surface area contributed by atoms with Crippen LogP contribution in [0.25, 0.3) is 27.5 Å². The molecule has 0 aliphatic carbocycles. The summed E-state index contributed by atoms with van der Waals surface area (Å²) in [6, 6.07) is 10.6. The molecule has 1 aliphatic rings. The van der Waals surface area contributed by atoms with E-state index >= 15 is 0 Å². The average Bonchev–Trinajstić information content (AvgIpc) is 3.42. The number of aromatic amines is 1. The van der Waals surface area contributed by atoms with Crippen molar-refractivity contribution in [3.63, 3.8) is 0 Å². The summed E-state index contributed by atoms with van der Waals surface area (Å²) in [5.41, 5.74) is 3.75. The number of H-pyrrole nitrogens is 1. The van der Waals surface area contributed by atoms with Gasteiger partial charge in [-0.2, -0.15) is 5.10 Å². The Bertz CT molecular complexity index is 1310. The number of carboxylic acid groups (broad SMARTS) is 1. The molecule has 1 fully saturated rings. The molecule has 2 N–H and O–H groups in total. The molecule has 7 heteroatoms. The molecule has 1 aliphatic heterocycles. The van der Waals surface area contributed by atoms with Gasteiger partial charge in [0.25, 0.3) is 0 Å². The summed E-state index contributed by atoms with van der Waals surface area (Å²) in [4.78, 5) is 11.8. The number of halogens is 1. The maximum Gasteiger partial charge on any atom is 0.335 e. The summed E-state index contributed by atoms with van der Waals surface area (Å²) in [7, 11) is 0. The van der Waals surface area contributed by atoms with Gasteiger partial charge in [-0.15, -0.1) is 0 Å². The van der Waals surface area contributed by atoms with Crippen molar-refractivity contribution < 1.29 is 19.0 Å². The van der Waals surface area contributed by atoms with E-state index in [1.807, 2.05) is 0 Å². The molecule has 31 heavy (non-hydrogen) atoms. The molecule has 0 radical (unpaired) electrons. The summed E-state index contributed by atoms with van der Waals surface area (Å²) in [6.07, 6.45) is 2.18. The van der Waals surface area contributed by atoms with Crippen molar-refractivity contribution in [2.45, 2.75) is 44.6 Å². The molecule has 160 valence electrons. The highest BCUT2D eigenvalue weighted by molar-refractivity contribution is 5.99. The van der Waals surface area contributed by atoms with Gasteiger partial charge in [0.1, 0.15) is 5.82 Å². The highest BCUT2D eigenvalue weighted by Gasteiger charge is 2.45. The van der Waals surface area contributed by atoms with Gasteiger partial charge in [-0.05, 0) is 61.2 Å². The van der Waals surface area contributed by atoms with Gasteiger partial charge >= 0.3 is 5.97 Å². The normalized spacial score (nSPS) is 21.5. The van der Waals surface area contributed by atoms with E-state index in [1.54, 1.807) is 25.3 Å². The number of ether oxygens (including phenoxy) is 1. The molecule has 1 saturated heterocycles. The van der Waals surface area contributed by atoms with E-state index in [2.05, 4.69) is 40.7 Å². The van der Waals surface area contributed by atoms with Crippen LogP contribution in [0.3, 0.4) is 0 Å². The third kappa shape index (κ3) is 3.03. The van der Waals surface area contributed by atoms with Gasteiger partial charge in [-0.25, -0.2) is 9.18 Å². The predicted octanol–water partition coefficient (Wildman–Crippen LogP) is 5.12. The van der Waals surface area contributed by atoms with Gasteiger partial charge < -0.3 is 14.4 Å². The number of benzene rings is 2. The van der Waals surface area contributed by atoms with E-state index in [1.165, 1.54) is 12.1 Å². The molecule has 0 amide bonds. The summed E-state index contributed by atoms with van der Waals surface area (Å²) in [6.45, 7) is 6.22. The molecule has 4 aromatic rings. The van der Waals surface area contributed by atoms with Gasteiger partial charge in [-0.3, -0.25) is 5.10 Å². The van der Waals surface area contributed by atoms with Crippen LogP contribution in [0, 0.1) is 5.82 Å². The molecule has 0 unspecified atom stereocenters. The Morgan fingerprint density at radius 3 is 2.71 bits per heavy atom. The zero-order valence-corrected chi connectivity index (χ0v) is 17.6. The molecule has 5 rings (SSSR count). The number of nitrogens with one attached hydrogen (secondary N) is 1. The molecule has 0 saturated carbocycles. The first-order chi connectivity index (χ1) is 14.8. The van der Waals surface area contributed by atoms with Gasteiger partial charge in [-0.1, -0.05) is 13.8 Å². The fourth-order valence-electron chi connectivity index (χ4n) is 4.84. The minimum Gasteiger partial charge on any atom is -0.479 e. The molecule has 0 bridgehead atoms. The minimum absolute atomic E-state index is 0.0666. The fraction of sp³-hybridized carbons (Fsp3) is 0.333. The molecule has 0 spiro atoms. The number of hydrogen-bond donors (Lipinski definition) is 2. The highest BCUT2D eigenvalue weighted by atomic mass is 19.1. The number of carbonyl (C=O) groups is 1. The quantitative estimate of drug-likeness (QED) is 0.479. The van der Waals surface area contributed by atoms with Crippen LogP contribution in [-0.4, -0.2) is 38.0 Å². The molecule has 3 heterocycles. The lowest BCUT2D eigenvalue weighted by molar-refractivity contribution is -0.157. The van der Waals surface area contributed by atoms with E-state index in [0.29, 0.717) is 13.0 Å². The number of aliphatic carboxylic acids is 1. The maximum atomic E-state index is 13.7. The van der Waals surface area contributed by atoms with Crippen LogP contribution in [0.15, 0.2) is 42.6 Å². The zero-order chi connectivity index (χ0) is 21.9. The van der Waals surface area contributed by atoms with Crippen molar-refractivity contribution in [1.82, 2.24) is 14.8 Å².